The first-order chi connectivity index (χ1) is 6.31. The quantitative estimate of drug-likeness (QED) is 0.614. The minimum atomic E-state index is 0.132. The fraction of sp³-hybridized carbons (Fsp3) is 0.545. The molecule has 2 aliphatic carbocycles. The Labute approximate surface area is 78.3 Å². The topological polar surface area (TPSA) is 26.3 Å². The minimum Gasteiger partial charge on any atom is -0.497 e. The van der Waals surface area contributed by atoms with Crippen LogP contribution >= 0.6 is 0 Å². The molecule has 0 aromatic rings. The molecule has 2 heteroatoms. The average Bonchev–Trinajstić information content (AvgIpc) is 2.18. The third-order valence-corrected chi connectivity index (χ3v) is 2.88. The van der Waals surface area contributed by atoms with Gasteiger partial charge in [-0.25, -0.2) is 0 Å². The molecule has 2 atom stereocenters. The van der Waals surface area contributed by atoms with Crippen molar-refractivity contribution in [3.8, 4) is 0 Å². The monoisotopic (exact) mass is 178 g/mol. The summed E-state index contributed by atoms with van der Waals surface area (Å²) in [7, 11) is 1.67. The van der Waals surface area contributed by atoms with Gasteiger partial charge in [-0.2, -0.15) is 0 Å². The number of carbonyl (C=O) groups is 1. The van der Waals surface area contributed by atoms with Crippen molar-refractivity contribution in [3.63, 3.8) is 0 Å². The molecule has 13 heavy (non-hydrogen) atoms. The Hall–Kier alpha value is -1.05. The normalized spacial score (nSPS) is 32.4. The molecule has 1 fully saturated rings. The lowest BCUT2D eigenvalue weighted by molar-refractivity contribution is -0.124. The van der Waals surface area contributed by atoms with Crippen LogP contribution in [0.3, 0.4) is 0 Å². The third-order valence-electron chi connectivity index (χ3n) is 2.88. The van der Waals surface area contributed by atoms with Crippen LogP contribution in [0.5, 0.6) is 0 Å². The van der Waals surface area contributed by atoms with Gasteiger partial charge in [0.1, 0.15) is 11.5 Å². The summed E-state index contributed by atoms with van der Waals surface area (Å²) in [6.45, 7) is 0. The van der Waals surface area contributed by atoms with E-state index in [2.05, 4.69) is 6.08 Å². The number of hydrogen-bond donors (Lipinski definition) is 0. The van der Waals surface area contributed by atoms with Crippen LogP contribution in [0.15, 0.2) is 24.0 Å². The Balaban J connectivity index is 2.18. The van der Waals surface area contributed by atoms with Crippen molar-refractivity contribution in [1.82, 2.24) is 0 Å². The Morgan fingerprint density at radius 3 is 3.15 bits per heavy atom. The summed E-state index contributed by atoms with van der Waals surface area (Å²) in [6, 6.07) is 0. The number of hydrogen-bond acceptors (Lipinski definition) is 2. The van der Waals surface area contributed by atoms with Crippen LogP contribution in [0.4, 0.5) is 0 Å². The number of ketones is 1. The molecule has 2 rings (SSSR count). The first kappa shape index (κ1) is 8.54. The van der Waals surface area contributed by atoms with Gasteiger partial charge in [0.05, 0.1) is 7.11 Å². The molecule has 2 aliphatic rings. The van der Waals surface area contributed by atoms with Gasteiger partial charge in [-0.3, -0.25) is 4.79 Å². The summed E-state index contributed by atoms with van der Waals surface area (Å²) >= 11 is 0. The van der Waals surface area contributed by atoms with Crippen LogP contribution in [0.1, 0.15) is 19.3 Å². The highest BCUT2D eigenvalue weighted by Crippen LogP contribution is 2.33. The largest absolute Gasteiger partial charge is 0.497 e. The Morgan fingerprint density at radius 2 is 2.38 bits per heavy atom. The summed E-state index contributed by atoms with van der Waals surface area (Å²) in [5.74, 6) is 1.81. The van der Waals surface area contributed by atoms with Crippen molar-refractivity contribution in [2.24, 2.45) is 11.8 Å². The van der Waals surface area contributed by atoms with Crippen LogP contribution in [-0.2, 0) is 9.53 Å². The number of rotatable bonds is 1. The molecular formula is C11H14O2. The predicted octanol–water partition coefficient (Wildman–Crippen LogP) is 2.07. The average molecular weight is 178 g/mol. The summed E-state index contributed by atoms with van der Waals surface area (Å²) in [5, 5.41) is 0. The second-order valence-corrected chi connectivity index (χ2v) is 3.68. The van der Waals surface area contributed by atoms with E-state index in [1.54, 1.807) is 7.11 Å². The molecule has 0 bridgehead atoms. The van der Waals surface area contributed by atoms with Crippen molar-refractivity contribution in [2.75, 3.05) is 7.11 Å². The second-order valence-electron chi connectivity index (χ2n) is 3.68. The zero-order chi connectivity index (χ0) is 9.26. The molecule has 0 heterocycles. The number of ether oxygens (including phenoxy) is 1. The summed E-state index contributed by atoms with van der Waals surface area (Å²) in [6.07, 6.45) is 8.88. The van der Waals surface area contributed by atoms with Gasteiger partial charge < -0.3 is 4.74 Å². The number of carbonyl (C=O) groups excluding carboxylic acids is 1. The molecule has 2 unspecified atom stereocenters. The van der Waals surface area contributed by atoms with E-state index in [0.29, 0.717) is 11.7 Å². The molecule has 0 aromatic carbocycles. The standard InChI is InChI=1S/C11H14O2/c1-13-9-5-6-10-8(7-9)3-2-4-11(10)12/h5-8,10H,2-4H2,1H3. The molecule has 0 radical (unpaired) electrons. The molecule has 2 nitrogen and oxygen atoms in total. The molecule has 0 saturated heterocycles. The van der Waals surface area contributed by atoms with Crippen LogP contribution in [-0.4, -0.2) is 12.9 Å². The smallest absolute Gasteiger partial charge is 0.140 e. The van der Waals surface area contributed by atoms with Crippen molar-refractivity contribution < 1.29 is 9.53 Å². The van der Waals surface area contributed by atoms with E-state index in [4.69, 9.17) is 4.74 Å². The van der Waals surface area contributed by atoms with Gasteiger partial charge in [0.15, 0.2) is 0 Å². The van der Waals surface area contributed by atoms with E-state index in [0.717, 1.165) is 25.0 Å². The van der Waals surface area contributed by atoms with E-state index in [9.17, 15) is 4.79 Å². The van der Waals surface area contributed by atoms with E-state index in [1.807, 2.05) is 12.2 Å². The third kappa shape index (κ3) is 1.53. The molecular weight excluding hydrogens is 164 g/mol. The molecule has 0 N–H and O–H groups in total. The SMILES string of the molecule is COC1=CC2CCCC(=O)C2C=C1. The van der Waals surface area contributed by atoms with Crippen molar-refractivity contribution >= 4 is 5.78 Å². The fourth-order valence-corrected chi connectivity index (χ4v) is 2.14. The Morgan fingerprint density at radius 1 is 1.54 bits per heavy atom. The summed E-state index contributed by atoms with van der Waals surface area (Å²) < 4.78 is 5.14. The molecule has 0 spiro atoms. The number of Topliss-reactive ketones (excluding diaryl/α,β-unsaturated/α-hetero) is 1. The highest BCUT2D eigenvalue weighted by molar-refractivity contribution is 5.84. The number of fused-ring (bicyclic) bond motifs is 1. The van der Waals surface area contributed by atoms with Gasteiger partial charge in [0.25, 0.3) is 0 Å². The summed E-state index contributed by atoms with van der Waals surface area (Å²) in [4.78, 5) is 11.5. The maximum Gasteiger partial charge on any atom is 0.140 e. The second kappa shape index (κ2) is 3.36. The van der Waals surface area contributed by atoms with Crippen molar-refractivity contribution in [2.45, 2.75) is 19.3 Å². The first-order valence-corrected chi connectivity index (χ1v) is 4.78. The predicted molar refractivity (Wildman–Crippen MR) is 50.1 cm³/mol. The zero-order valence-electron chi connectivity index (χ0n) is 7.82. The molecule has 0 aromatic heterocycles. The van der Waals surface area contributed by atoms with Crippen LogP contribution in [0, 0.1) is 11.8 Å². The highest BCUT2D eigenvalue weighted by Gasteiger charge is 2.30. The van der Waals surface area contributed by atoms with Gasteiger partial charge in [-0.05, 0) is 30.9 Å². The first-order valence-electron chi connectivity index (χ1n) is 4.78. The lowest BCUT2D eigenvalue weighted by Gasteiger charge is -2.28. The van der Waals surface area contributed by atoms with Crippen LogP contribution < -0.4 is 0 Å². The number of methoxy groups -OCH3 is 1. The van der Waals surface area contributed by atoms with Crippen LogP contribution in [0.25, 0.3) is 0 Å². The maximum absolute atomic E-state index is 11.5. The molecule has 1 saturated carbocycles. The van der Waals surface area contributed by atoms with Crippen molar-refractivity contribution in [1.29, 1.82) is 0 Å². The van der Waals surface area contributed by atoms with E-state index in [-0.39, 0.29) is 5.92 Å². The summed E-state index contributed by atoms with van der Waals surface area (Å²) in [5.41, 5.74) is 0. The van der Waals surface area contributed by atoms with Gasteiger partial charge in [-0.1, -0.05) is 6.08 Å². The molecule has 0 amide bonds. The van der Waals surface area contributed by atoms with Gasteiger partial charge in [-0.15, -0.1) is 0 Å². The highest BCUT2D eigenvalue weighted by atomic mass is 16.5. The molecule has 70 valence electrons. The van der Waals surface area contributed by atoms with E-state index in [1.165, 1.54) is 0 Å². The van der Waals surface area contributed by atoms with Gasteiger partial charge in [0, 0.05) is 12.3 Å². The zero-order valence-corrected chi connectivity index (χ0v) is 7.82. The lowest BCUT2D eigenvalue weighted by Crippen LogP contribution is -2.27. The van der Waals surface area contributed by atoms with Gasteiger partial charge >= 0.3 is 0 Å². The Kier molecular flexibility index (Phi) is 2.21. The molecule has 0 aliphatic heterocycles. The maximum atomic E-state index is 11.5. The number of allylic oxidation sites excluding steroid dienone is 3. The van der Waals surface area contributed by atoms with E-state index >= 15 is 0 Å². The van der Waals surface area contributed by atoms with Crippen molar-refractivity contribution in [3.05, 3.63) is 24.0 Å². The lowest BCUT2D eigenvalue weighted by atomic mass is 9.76. The van der Waals surface area contributed by atoms with E-state index < -0.39 is 0 Å². The van der Waals surface area contributed by atoms with Crippen LogP contribution in [0.2, 0.25) is 0 Å². The van der Waals surface area contributed by atoms with Gasteiger partial charge in [0.2, 0.25) is 0 Å². The fourth-order valence-electron chi connectivity index (χ4n) is 2.14. The minimum absolute atomic E-state index is 0.132. The Bertz CT molecular complexity index is 276.